The van der Waals surface area contributed by atoms with Crippen molar-refractivity contribution in [2.45, 2.75) is 65.1 Å². The van der Waals surface area contributed by atoms with Gasteiger partial charge in [-0.15, -0.1) is 0 Å². The number of carbonyl (C=O) groups is 2. The lowest BCUT2D eigenvalue weighted by molar-refractivity contribution is -0.136. The molecule has 1 fully saturated rings. The maximum atomic E-state index is 14.3. The number of amides is 2. The maximum Gasteiger partial charge on any atom is 0.407 e. The molecule has 10 heteroatoms. The van der Waals surface area contributed by atoms with E-state index < -0.39 is 17.6 Å². The highest BCUT2D eigenvalue weighted by Crippen LogP contribution is 2.34. The SMILES string of the molecule is Cc1cc(Cl)c(OCCOc2ccc(CC(CNC(=O)OC(C)(C)C)C(=O)N(Cc3ccnc4ccccc34)C3CC3)cc2)c(Cl)c1. The van der Waals surface area contributed by atoms with Crippen LogP contribution >= 0.6 is 23.2 Å². The van der Waals surface area contributed by atoms with Crippen LogP contribution in [0.25, 0.3) is 10.9 Å². The number of hydrogen-bond acceptors (Lipinski definition) is 6. The third kappa shape index (κ3) is 9.75. The molecule has 8 nitrogen and oxygen atoms in total. The van der Waals surface area contributed by atoms with E-state index in [0.29, 0.717) is 41.1 Å². The summed E-state index contributed by atoms with van der Waals surface area (Å²) in [5, 5.41) is 4.79. The normalized spacial score (nSPS) is 13.6. The largest absolute Gasteiger partial charge is 0.490 e. The van der Waals surface area contributed by atoms with E-state index in [1.54, 1.807) is 18.3 Å². The highest BCUT2D eigenvalue weighted by atomic mass is 35.5. The van der Waals surface area contributed by atoms with Crippen LogP contribution < -0.4 is 14.8 Å². The zero-order valence-electron chi connectivity index (χ0n) is 27.2. The molecule has 4 aromatic rings. The number of alkyl carbamates (subject to hydrolysis) is 1. The number of pyridine rings is 1. The van der Waals surface area contributed by atoms with E-state index >= 15 is 0 Å². The van der Waals surface area contributed by atoms with Gasteiger partial charge in [-0.05, 0) is 100 Å². The lowest BCUT2D eigenvalue weighted by Gasteiger charge is -2.29. The van der Waals surface area contributed by atoms with Crippen LogP contribution in [0.15, 0.2) is 72.9 Å². The van der Waals surface area contributed by atoms with Gasteiger partial charge in [-0.1, -0.05) is 53.5 Å². The van der Waals surface area contributed by atoms with E-state index in [0.717, 1.165) is 40.4 Å². The summed E-state index contributed by atoms with van der Waals surface area (Å²) in [4.78, 5) is 33.3. The number of aromatic nitrogens is 1. The second-order valence-corrected chi connectivity index (χ2v) is 13.7. The number of nitrogens with zero attached hydrogens (tertiary/aromatic N) is 2. The number of carbonyl (C=O) groups excluding carboxylic acids is 2. The van der Waals surface area contributed by atoms with Gasteiger partial charge in [0.15, 0.2) is 5.75 Å². The van der Waals surface area contributed by atoms with Crippen LogP contribution in [0.2, 0.25) is 10.0 Å². The van der Waals surface area contributed by atoms with Crippen LogP contribution in [0.4, 0.5) is 4.79 Å². The molecule has 1 N–H and O–H groups in total. The van der Waals surface area contributed by atoms with Gasteiger partial charge in [0.2, 0.25) is 5.91 Å². The Morgan fingerprint density at radius 2 is 1.66 bits per heavy atom. The van der Waals surface area contributed by atoms with Gasteiger partial charge in [-0.3, -0.25) is 9.78 Å². The van der Waals surface area contributed by atoms with Crippen molar-refractivity contribution in [3.8, 4) is 11.5 Å². The second-order valence-electron chi connectivity index (χ2n) is 12.9. The molecule has 47 heavy (non-hydrogen) atoms. The van der Waals surface area contributed by atoms with Crippen molar-refractivity contribution in [2.24, 2.45) is 5.92 Å². The molecule has 0 radical (unpaired) electrons. The van der Waals surface area contributed by atoms with Crippen LogP contribution in [0, 0.1) is 12.8 Å². The monoisotopic (exact) mass is 677 g/mol. The van der Waals surface area contributed by atoms with Crippen molar-refractivity contribution in [3.63, 3.8) is 0 Å². The summed E-state index contributed by atoms with van der Waals surface area (Å²) in [7, 11) is 0. The minimum absolute atomic E-state index is 0.00430. The number of fused-ring (bicyclic) bond motifs is 1. The molecule has 1 aliphatic carbocycles. The molecule has 3 aromatic carbocycles. The summed E-state index contributed by atoms with van der Waals surface area (Å²) < 4.78 is 17.1. The first-order valence-corrected chi connectivity index (χ1v) is 16.6. The summed E-state index contributed by atoms with van der Waals surface area (Å²) in [6.07, 6.45) is 3.59. The highest BCUT2D eigenvalue weighted by molar-refractivity contribution is 6.37. The zero-order chi connectivity index (χ0) is 33.6. The van der Waals surface area contributed by atoms with Gasteiger partial charge < -0.3 is 24.4 Å². The quantitative estimate of drug-likeness (QED) is 0.144. The number of rotatable bonds is 13. The average molecular weight is 679 g/mol. The third-order valence-corrected chi connectivity index (χ3v) is 8.30. The van der Waals surface area contributed by atoms with Gasteiger partial charge in [0.05, 0.1) is 21.5 Å². The molecule has 1 atom stereocenters. The van der Waals surface area contributed by atoms with Gasteiger partial charge in [0, 0.05) is 30.7 Å². The van der Waals surface area contributed by atoms with Crippen LogP contribution in [0.1, 0.15) is 50.3 Å². The molecular weight excluding hydrogens is 637 g/mol. The first kappa shape index (κ1) is 34.3. The van der Waals surface area contributed by atoms with Crippen molar-refractivity contribution >= 4 is 46.1 Å². The molecule has 0 saturated heterocycles. The van der Waals surface area contributed by atoms with Crippen LogP contribution in [-0.2, 0) is 22.5 Å². The number of para-hydroxylation sites is 1. The van der Waals surface area contributed by atoms with Gasteiger partial charge >= 0.3 is 6.09 Å². The fourth-order valence-corrected chi connectivity index (χ4v) is 6.09. The lowest BCUT2D eigenvalue weighted by atomic mass is 9.97. The number of halogens is 2. The summed E-state index contributed by atoms with van der Waals surface area (Å²) >= 11 is 12.5. The smallest absolute Gasteiger partial charge is 0.407 e. The molecule has 1 aromatic heterocycles. The molecule has 1 heterocycles. The average Bonchev–Trinajstić information content (AvgIpc) is 3.86. The number of hydrogen-bond donors (Lipinski definition) is 1. The Balaban J connectivity index is 1.26. The van der Waals surface area contributed by atoms with Crippen molar-refractivity contribution in [3.05, 3.63) is 99.7 Å². The summed E-state index contributed by atoms with van der Waals surface area (Å²) in [6, 6.07) is 21.3. The third-order valence-electron chi connectivity index (χ3n) is 7.74. The summed E-state index contributed by atoms with van der Waals surface area (Å²) in [5.74, 6) is 0.596. The first-order chi connectivity index (χ1) is 22.5. The van der Waals surface area contributed by atoms with Gasteiger partial charge in [-0.2, -0.15) is 0 Å². The van der Waals surface area contributed by atoms with Crippen molar-refractivity contribution in [2.75, 3.05) is 19.8 Å². The van der Waals surface area contributed by atoms with E-state index in [1.165, 1.54) is 0 Å². The molecule has 1 unspecified atom stereocenters. The lowest BCUT2D eigenvalue weighted by Crippen LogP contribution is -2.44. The van der Waals surface area contributed by atoms with Gasteiger partial charge in [0.25, 0.3) is 0 Å². The Bertz CT molecular complexity index is 1670. The molecule has 0 aliphatic heterocycles. The Labute approximate surface area is 286 Å². The molecule has 1 saturated carbocycles. The van der Waals surface area contributed by atoms with E-state index in [4.69, 9.17) is 37.4 Å². The minimum atomic E-state index is -0.647. The standard InChI is InChI=1S/C37H41Cl2N3O5/c1-24-19-31(38)34(32(39)20-24)46-18-17-45-29-13-9-25(10-14-29)21-27(22-41-36(44)47-37(2,3)4)35(43)42(28-11-12-28)23-26-15-16-40-33-8-6-5-7-30(26)33/h5-10,13-16,19-20,27-28H,11-12,17-18,21-23H2,1-4H3,(H,41,44). The molecule has 0 spiro atoms. The fraction of sp³-hybridized carbons (Fsp3) is 0.378. The molecule has 5 rings (SSSR count). The Morgan fingerprint density at radius 1 is 0.979 bits per heavy atom. The predicted octanol–water partition coefficient (Wildman–Crippen LogP) is 8.18. The van der Waals surface area contributed by atoms with Gasteiger partial charge in [0.1, 0.15) is 24.6 Å². The Hall–Kier alpha value is -4.01. The predicted molar refractivity (Wildman–Crippen MR) is 185 cm³/mol. The molecule has 2 amide bonds. The van der Waals surface area contributed by atoms with Crippen LogP contribution in [0.3, 0.4) is 0 Å². The number of benzene rings is 3. The first-order valence-electron chi connectivity index (χ1n) is 15.9. The molecular formula is C37H41Cl2N3O5. The number of nitrogens with one attached hydrogen (secondary N) is 1. The van der Waals surface area contributed by atoms with Crippen LogP contribution in [0.5, 0.6) is 11.5 Å². The van der Waals surface area contributed by atoms with E-state index in [9.17, 15) is 9.59 Å². The van der Waals surface area contributed by atoms with Crippen LogP contribution in [-0.4, -0.2) is 53.3 Å². The molecule has 248 valence electrons. The summed E-state index contributed by atoms with van der Waals surface area (Å²) in [6.45, 7) is 8.53. The molecule has 1 aliphatic rings. The Morgan fingerprint density at radius 3 is 2.34 bits per heavy atom. The van der Waals surface area contributed by atoms with Gasteiger partial charge in [-0.25, -0.2) is 4.79 Å². The molecule has 0 bridgehead atoms. The maximum absolute atomic E-state index is 14.3. The fourth-order valence-electron chi connectivity index (χ4n) is 5.39. The summed E-state index contributed by atoms with van der Waals surface area (Å²) in [5.41, 5.74) is 3.20. The Kier molecular flexibility index (Phi) is 11.1. The topological polar surface area (TPSA) is 90.0 Å². The zero-order valence-corrected chi connectivity index (χ0v) is 28.7. The second kappa shape index (κ2) is 15.3. The van der Waals surface area contributed by atoms with E-state index in [-0.39, 0.29) is 25.1 Å². The number of aryl methyl sites for hydroxylation is 1. The van der Waals surface area contributed by atoms with Crippen molar-refractivity contribution in [1.82, 2.24) is 15.2 Å². The number of ether oxygens (including phenoxy) is 3. The van der Waals surface area contributed by atoms with Crippen molar-refractivity contribution < 1.29 is 23.8 Å². The van der Waals surface area contributed by atoms with Crippen molar-refractivity contribution in [1.29, 1.82) is 0 Å². The van der Waals surface area contributed by atoms with E-state index in [2.05, 4.69) is 10.3 Å². The highest BCUT2D eigenvalue weighted by Gasteiger charge is 2.36. The minimum Gasteiger partial charge on any atom is -0.490 e. The van der Waals surface area contributed by atoms with E-state index in [1.807, 2.05) is 87.2 Å².